The molecule has 0 fully saturated rings. The lowest BCUT2D eigenvalue weighted by molar-refractivity contribution is -0.118. The molecular weight excluding hydrogens is 414 g/mol. The van der Waals surface area contributed by atoms with Crippen LogP contribution in [0, 0.1) is 0 Å². The first-order chi connectivity index (χ1) is 14.9. The van der Waals surface area contributed by atoms with Crippen LogP contribution in [0.1, 0.15) is 33.9 Å². The zero-order valence-corrected chi connectivity index (χ0v) is 17.8. The summed E-state index contributed by atoms with van der Waals surface area (Å²) in [5.74, 6) is -0.102. The van der Waals surface area contributed by atoms with Gasteiger partial charge >= 0.3 is 0 Å². The highest BCUT2D eigenvalue weighted by Crippen LogP contribution is 2.29. The van der Waals surface area contributed by atoms with E-state index in [1.165, 1.54) is 0 Å². The van der Waals surface area contributed by atoms with Gasteiger partial charge in [0.15, 0.2) is 22.6 Å². The Morgan fingerprint density at radius 1 is 0.968 bits per heavy atom. The fourth-order valence-electron chi connectivity index (χ4n) is 3.28. The van der Waals surface area contributed by atoms with E-state index in [2.05, 4.69) is 0 Å². The largest absolute Gasteiger partial charge is 0.504 e. The van der Waals surface area contributed by atoms with Crippen LogP contribution < -0.4 is 10.5 Å². The second kappa shape index (κ2) is 10.7. The molecule has 7 heteroatoms. The molecule has 2 unspecified atom stereocenters. The van der Waals surface area contributed by atoms with Gasteiger partial charge in [-0.15, -0.1) is 0 Å². The average Bonchev–Trinajstić information content (AvgIpc) is 2.75. The average molecular weight is 440 g/mol. The van der Waals surface area contributed by atoms with Crippen LogP contribution in [-0.4, -0.2) is 26.4 Å². The molecule has 0 radical (unpaired) electrons. The van der Waals surface area contributed by atoms with Crippen molar-refractivity contribution in [2.24, 2.45) is 5.73 Å². The van der Waals surface area contributed by atoms with Gasteiger partial charge in [0.25, 0.3) is 0 Å². The van der Waals surface area contributed by atoms with Gasteiger partial charge in [-0.2, -0.15) is 0 Å². The molecule has 31 heavy (non-hydrogen) atoms. The summed E-state index contributed by atoms with van der Waals surface area (Å²) in [4.78, 5) is 11.2. The summed E-state index contributed by atoms with van der Waals surface area (Å²) < 4.78 is 26.7. The van der Waals surface area contributed by atoms with E-state index in [0.29, 0.717) is 24.3 Å². The Morgan fingerprint density at radius 3 is 2.29 bits per heavy atom. The van der Waals surface area contributed by atoms with E-state index < -0.39 is 22.2 Å². The summed E-state index contributed by atoms with van der Waals surface area (Å²) in [7, 11) is 0. The number of benzene rings is 3. The van der Waals surface area contributed by atoms with Crippen LogP contribution in [0.5, 0.6) is 11.5 Å². The van der Waals surface area contributed by atoms with Gasteiger partial charge in [-0.3, -0.25) is 4.79 Å². The number of carbonyl (C=O) groups is 1. The van der Waals surface area contributed by atoms with Crippen LogP contribution in [0.3, 0.4) is 0 Å². The van der Waals surface area contributed by atoms with Gasteiger partial charge in [0.1, 0.15) is 0 Å². The molecule has 0 spiro atoms. The zero-order valence-electron chi connectivity index (χ0n) is 16.9. The minimum Gasteiger partial charge on any atom is -0.504 e. The third kappa shape index (κ3) is 6.67. The summed E-state index contributed by atoms with van der Waals surface area (Å²) in [5, 5.41) is 9.26. The van der Waals surface area contributed by atoms with Gasteiger partial charge in [-0.1, -0.05) is 60.7 Å². The second-order valence-electron chi connectivity index (χ2n) is 7.24. The Labute approximate surface area is 184 Å². The van der Waals surface area contributed by atoms with Crippen molar-refractivity contribution in [2.75, 3.05) is 6.61 Å². The Morgan fingerprint density at radius 2 is 1.65 bits per heavy atom. The lowest BCUT2D eigenvalue weighted by atomic mass is 10.0. The van der Waals surface area contributed by atoms with E-state index >= 15 is 0 Å². The highest BCUT2D eigenvalue weighted by Gasteiger charge is 2.20. The van der Waals surface area contributed by atoms with Gasteiger partial charge in [0.05, 0.1) is 11.9 Å². The Hall–Kier alpha value is -3.16. The number of hydrogen-bond acceptors (Lipinski definition) is 4. The Balaban J connectivity index is 1.65. The number of phenolic OH excluding ortho intramolecular Hbond substituents is 1. The molecule has 0 aromatic heterocycles. The SMILES string of the molecule is NC(=O)CC(c1ccc(Cc2ccc(O)c(OCCc3ccccc3)c2)cc1)S(=O)O. The van der Waals surface area contributed by atoms with E-state index in [-0.39, 0.29) is 12.2 Å². The van der Waals surface area contributed by atoms with Crippen molar-refractivity contribution in [1.29, 1.82) is 0 Å². The van der Waals surface area contributed by atoms with Gasteiger partial charge in [-0.05, 0) is 40.8 Å². The summed E-state index contributed by atoms with van der Waals surface area (Å²) in [6.07, 6.45) is 1.15. The van der Waals surface area contributed by atoms with E-state index in [0.717, 1.165) is 23.1 Å². The molecule has 2 atom stereocenters. The minimum atomic E-state index is -2.19. The number of aromatic hydroxyl groups is 1. The van der Waals surface area contributed by atoms with Gasteiger partial charge < -0.3 is 20.1 Å². The lowest BCUT2D eigenvalue weighted by Crippen LogP contribution is -2.18. The molecule has 0 saturated heterocycles. The predicted octanol–water partition coefficient (Wildman–Crippen LogP) is 3.74. The first-order valence-corrected chi connectivity index (χ1v) is 11.0. The number of rotatable bonds is 10. The molecule has 0 bridgehead atoms. The Kier molecular flexibility index (Phi) is 7.81. The smallest absolute Gasteiger partial charge is 0.219 e. The third-order valence-corrected chi connectivity index (χ3v) is 5.83. The molecule has 0 saturated carbocycles. The van der Waals surface area contributed by atoms with Gasteiger partial charge in [-0.25, -0.2) is 4.21 Å². The number of ether oxygens (including phenoxy) is 1. The maximum absolute atomic E-state index is 11.5. The molecule has 0 aliphatic rings. The molecule has 6 nitrogen and oxygen atoms in total. The van der Waals surface area contributed by atoms with Crippen molar-refractivity contribution in [3.8, 4) is 11.5 Å². The molecule has 3 aromatic carbocycles. The highest BCUT2D eigenvalue weighted by molar-refractivity contribution is 7.79. The van der Waals surface area contributed by atoms with Crippen molar-refractivity contribution in [3.05, 3.63) is 95.1 Å². The number of carbonyl (C=O) groups excluding carboxylic acids is 1. The van der Waals surface area contributed by atoms with Crippen LogP contribution >= 0.6 is 0 Å². The van der Waals surface area contributed by atoms with E-state index in [9.17, 15) is 18.7 Å². The van der Waals surface area contributed by atoms with Crippen LogP contribution in [0.4, 0.5) is 0 Å². The molecule has 3 aromatic rings. The second-order valence-corrected chi connectivity index (χ2v) is 8.36. The van der Waals surface area contributed by atoms with Gasteiger partial charge in [0, 0.05) is 12.8 Å². The standard InChI is InChI=1S/C24H25NO5S/c25-24(27)16-23(31(28)29)20-9-6-18(7-10-20)14-19-8-11-21(26)22(15-19)30-13-12-17-4-2-1-3-5-17/h1-11,15,23,26H,12-14,16H2,(H2,25,27)(H,28,29). The summed E-state index contributed by atoms with van der Waals surface area (Å²) in [5.41, 5.74) is 8.86. The molecule has 4 N–H and O–H groups in total. The van der Waals surface area contributed by atoms with Crippen molar-refractivity contribution >= 4 is 17.0 Å². The van der Waals surface area contributed by atoms with Crippen LogP contribution in [0.15, 0.2) is 72.8 Å². The van der Waals surface area contributed by atoms with E-state index in [1.807, 2.05) is 54.6 Å². The van der Waals surface area contributed by atoms with Crippen molar-refractivity contribution < 1.29 is 23.4 Å². The molecule has 1 amide bonds. The first kappa shape index (κ1) is 22.5. The summed E-state index contributed by atoms with van der Waals surface area (Å²) in [6.45, 7) is 0.454. The topological polar surface area (TPSA) is 110 Å². The normalized spacial score (nSPS) is 12.8. The predicted molar refractivity (Wildman–Crippen MR) is 120 cm³/mol. The molecule has 0 aliphatic heterocycles. The number of amides is 1. The fraction of sp³-hybridized carbons (Fsp3) is 0.208. The van der Waals surface area contributed by atoms with Crippen LogP contribution in [-0.2, 0) is 28.7 Å². The molecule has 162 valence electrons. The Bertz CT molecular complexity index is 1040. The van der Waals surface area contributed by atoms with Crippen molar-refractivity contribution in [3.63, 3.8) is 0 Å². The zero-order chi connectivity index (χ0) is 22.2. The maximum Gasteiger partial charge on any atom is 0.219 e. The highest BCUT2D eigenvalue weighted by atomic mass is 32.2. The minimum absolute atomic E-state index is 0.0897. The summed E-state index contributed by atoms with van der Waals surface area (Å²) >= 11 is -2.19. The molecule has 0 heterocycles. The molecule has 0 aliphatic carbocycles. The van der Waals surface area contributed by atoms with E-state index in [4.69, 9.17) is 10.5 Å². The number of primary amides is 1. The molecule has 3 rings (SSSR count). The number of nitrogens with two attached hydrogens (primary N) is 1. The quantitative estimate of drug-likeness (QED) is 0.417. The van der Waals surface area contributed by atoms with Crippen molar-refractivity contribution in [2.45, 2.75) is 24.5 Å². The molecular formula is C24H25NO5S. The van der Waals surface area contributed by atoms with E-state index in [1.54, 1.807) is 18.2 Å². The third-order valence-electron chi connectivity index (χ3n) is 4.91. The monoisotopic (exact) mass is 439 g/mol. The number of hydrogen-bond donors (Lipinski definition) is 3. The van der Waals surface area contributed by atoms with Gasteiger partial charge in [0.2, 0.25) is 5.91 Å². The maximum atomic E-state index is 11.5. The van der Waals surface area contributed by atoms with Crippen molar-refractivity contribution in [1.82, 2.24) is 0 Å². The number of phenols is 1. The van der Waals surface area contributed by atoms with Crippen LogP contribution in [0.2, 0.25) is 0 Å². The fourth-order valence-corrected chi connectivity index (χ4v) is 3.98. The van der Waals surface area contributed by atoms with Crippen LogP contribution in [0.25, 0.3) is 0 Å². The lowest BCUT2D eigenvalue weighted by Gasteiger charge is -2.13. The summed E-state index contributed by atoms with van der Waals surface area (Å²) in [6, 6.07) is 22.4. The first-order valence-electron chi connectivity index (χ1n) is 9.88.